The third-order valence-corrected chi connectivity index (χ3v) is 5.33. The number of hydrogen-bond donors (Lipinski definition) is 1. The number of oxazole rings is 1. The lowest BCUT2D eigenvalue weighted by atomic mass is 10.1. The van der Waals surface area contributed by atoms with E-state index in [1.165, 1.54) is 6.07 Å². The van der Waals surface area contributed by atoms with Gasteiger partial charge in [0.05, 0.1) is 6.04 Å². The Labute approximate surface area is 156 Å². The van der Waals surface area contributed by atoms with Crippen molar-refractivity contribution >= 4 is 5.91 Å². The third-order valence-electron chi connectivity index (χ3n) is 5.33. The summed E-state index contributed by atoms with van der Waals surface area (Å²) in [7, 11) is 0. The number of halogens is 1. The molecule has 2 aromatic carbocycles. The van der Waals surface area contributed by atoms with Crippen molar-refractivity contribution in [3.8, 4) is 11.5 Å². The quantitative estimate of drug-likeness (QED) is 0.727. The van der Waals surface area contributed by atoms with E-state index in [1.807, 2.05) is 30.3 Å². The zero-order chi connectivity index (χ0) is 18.4. The first kappa shape index (κ1) is 16.2. The third kappa shape index (κ3) is 3.03. The Bertz CT molecular complexity index is 1010. The fraction of sp³-hybridized carbons (Fsp3) is 0.273. The second kappa shape index (κ2) is 6.34. The van der Waals surface area contributed by atoms with Gasteiger partial charge in [-0.2, -0.15) is 0 Å². The second-order valence-electron chi connectivity index (χ2n) is 7.28. The van der Waals surface area contributed by atoms with Gasteiger partial charge >= 0.3 is 0 Å². The summed E-state index contributed by atoms with van der Waals surface area (Å²) in [6, 6.07) is 14.3. The number of rotatable bonds is 4. The molecule has 0 aliphatic heterocycles. The van der Waals surface area contributed by atoms with E-state index in [4.69, 9.17) is 4.42 Å². The van der Waals surface area contributed by atoms with Gasteiger partial charge in [0.15, 0.2) is 5.69 Å². The van der Waals surface area contributed by atoms with Crippen LogP contribution in [0.25, 0.3) is 11.5 Å². The van der Waals surface area contributed by atoms with Crippen LogP contribution in [0.2, 0.25) is 0 Å². The number of fused-ring (bicyclic) bond motifs is 1. The fourth-order valence-corrected chi connectivity index (χ4v) is 3.78. The minimum Gasteiger partial charge on any atom is -0.440 e. The van der Waals surface area contributed by atoms with Crippen LogP contribution in [0.4, 0.5) is 4.39 Å². The number of nitrogens with zero attached hydrogens (tertiary/aromatic N) is 1. The molecule has 136 valence electrons. The Kier molecular flexibility index (Phi) is 3.81. The predicted molar refractivity (Wildman–Crippen MR) is 98.8 cm³/mol. The Hall–Kier alpha value is -2.95. The highest BCUT2D eigenvalue weighted by Gasteiger charge is 2.35. The lowest BCUT2D eigenvalue weighted by Gasteiger charge is -2.13. The highest BCUT2D eigenvalue weighted by Crippen LogP contribution is 2.43. The van der Waals surface area contributed by atoms with E-state index in [2.05, 4.69) is 10.3 Å². The predicted octanol–water partition coefficient (Wildman–Crippen LogP) is 4.78. The van der Waals surface area contributed by atoms with E-state index in [9.17, 15) is 9.18 Å². The van der Waals surface area contributed by atoms with Gasteiger partial charge in [-0.25, -0.2) is 9.37 Å². The van der Waals surface area contributed by atoms with Crippen molar-refractivity contribution < 1.29 is 13.6 Å². The van der Waals surface area contributed by atoms with Crippen LogP contribution < -0.4 is 5.32 Å². The lowest BCUT2D eigenvalue weighted by Crippen LogP contribution is -2.28. The van der Waals surface area contributed by atoms with Crippen molar-refractivity contribution in [2.45, 2.75) is 37.6 Å². The van der Waals surface area contributed by atoms with Gasteiger partial charge in [-0.05, 0) is 61.1 Å². The van der Waals surface area contributed by atoms with E-state index >= 15 is 0 Å². The molecule has 1 aromatic heterocycles. The number of benzene rings is 2. The molecule has 5 heteroatoms. The number of aryl methyl sites for hydroxylation is 1. The number of amides is 1. The van der Waals surface area contributed by atoms with Gasteiger partial charge < -0.3 is 9.73 Å². The minimum atomic E-state index is -0.235. The van der Waals surface area contributed by atoms with Crippen LogP contribution in [0.5, 0.6) is 0 Å². The average molecular weight is 362 g/mol. The molecule has 1 N–H and O–H groups in total. The molecular weight excluding hydrogens is 343 g/mol. The number of nitrogens with one attached hydrogen (secondary N) is 1. The van der Waals surface area contributed by atoms with E-state index < -0.39 is 0 Å². The van der Waals surface area contributed by atoms with Gasteiger partial charge in [-0.1, -0.05) is 24.3 Å². The first-order chi connectivity index (χ1) is 13.2. The molecule has 4 nitrogen and oxygen atoms in total. The fourth-order valence-electron chi connectivity index (χ4n) is 3.78. The number of carbonyl (C=O) groups is 1. The molecule has 2 aliphatic rings. The smallest absolute Gasteiger partial charge is 0.274 e. The number of hydrogen-bond acceptors (Lipinski definition) is 3. The van der Waals surface area contributed by atoms with Crippen molar-refractivity contribution in [1.29, 1.82) is 0 Å². The van der Waals surface area contributed by atoms with Crippen LogP contribution in [0.3, 0.4) is 0 Å². The molecule has 27 heavy (non-hydrogen) atoms. The van der Waals surface area contributed by atoms with Crippen LogP contribution in [0.15, 0.2) is 52.9 Å². The standard InChI is InChI=1S/C22H19FN2O2/c23-16-9-10-17-15(12-16)8-11-18(17)24-21(26)19-20(13-6-7-13)27-22(25-19)14-4-2-1-3-5-14/h1-5,9-10,12-13,18H,6-8,11H2,(H,24,26). The van der Waals surface area contributed by atoms with Gasteiger partial charge in [0.2, 0.25) is 5.89 Å². The molecule has 2 aliphatic carbocycles. The maximum Gasteiger partial charge on any atom is 0.274 e. The van der Waals surface area contributed by atoms with Crippen molar-refractivity contribution in [2.24, 2.45) is 0 Å². The van der Waals surface area contributed by atoms with Gasteiger partial charge in [0.25, 0.3) is 5.91 Å². The van der Waals surface area contributed by atoms with Gasteiger partial charge in [0, 0.05) is 11.5 Å². The zero-order valence-corrected chi connectivity index (χ0v) is 14.7. The highest BCUT2D eigenvalue weighted by atomic mass is 19.1. The van der Waals surface area contributed by atoms with E-state index in [0.717, 1.165) is 42.4 Å². The van der Waals surface area contributed by atoms with Crippen LogP contribution in [-0.4, -0.2) is 10.9 Å². The molecule has 0 spiro atoms. The summed E-state index contributed by atoms with van der Waals surface area (Å²) in [5, 5.41) is 3.07. The molecule has 1 heterocycles. The number of aromatic nitrogens is 1. The molecule has 0 bridgehead atoms. The largest absolute Gasteiger partial charge is 0.440 e. The molecule has 0 radical (unpaired) electrons. The first-order valence-corrected chi connectivity index (χ1v) is 9.34. The second-order valence-corrected chi connectivity index (χ2v) is 7.28. The number of carbonyl (C=O) groups excluding carboxylic acids is 1. The van der Waals surface area contributed by atoms with Crippen LogP contribution in [-0.2, 0) is 6.42 Å². The molecule has 1 atom stereocenters. The van der Waals surface area contributed by atoms with Crippen LogP contribution in [0, 0.1) is 5.82 Å². The Balaban J connectivity index is 1.43. The summed E-state index contributed by atoms with van der Waals surface area (Å²) >= 11 is 0. The first-order valence-electron chi connectivity index (χ1n) is 9.34. The molecule has 1 unspecified atom stereocenters. The minimum absolute atomic E-state index is 0.114. The van der Waals surface area contributed by atoms with E-state index in [1.54, 1.807) is 12.1 Å². The average Bonchev–Trinajstić information content (AvgIpc) is 3.31. The maximum atomic E-state index is 13.4. The van der Waals surface area contributed by atoms with Gasteiger partial charge in [0.1, 0.15) is 11.6 Å². The van der Waals surface area contributed by atoms with E-state index in [0.29, 0.717) is 17.3 Å². The van der Waals surface area contributed by atoms with Crippen LogP contribution >= 0.6 is 0 Å². The molecule has 0 saturated heterocycles. The summed E-state index contributed by atoms with van der Waals surface area (Å²) in [5.74, 6) is 0.992. The van der Waals surface area contributed by atoms with Gasteiger partial charge in [-0.15, -0.1) is 0 Å². The maximum absolute atomic E-state index is 13.4. The summed E-state index contributed by atoms with van der Waals surface area (Å²) in [6.07, 6.45) is 3.58. The van der Waals surface area contributed by atoms with Crippen molar-refractivity contribution in [3.05, 3.63) is 76.9 Å². The Morgan fingerprint density at radius 3 is 2.70 bits per heavy atom. The normalized spacial score (nSPS) is 18.3. The Morgan fingerprint density at radius 1 is 1.11 bits per heavy atom. The molecule has 1 fully saturated rings. The summed E-state index contributed by atoms with van der Waals surface area (Å²) in [6.45, 7) is 0. The summed E-state index contributed by atoms with van der Waals surface area (Å²) < 4.78 is 19.4. The molecule has 1 saturated carbocycles. The zero-order valence-electron chi connectivity index (χ0n) is 14.7. The van der Waals surface area contributed by atoms with E-state index in [-0.39, 0.29) is 23.7 Å². The summed E-state index contributed by atoms with van der Waals surface area (Å²) in [5.41, 5.74) is 3.20. The lowest BCUT2D eigenvalue weighted by molar-refractivity contribution is 0.0930. The SMILES string of the molecule is O=C(NC1CCc2cc(F)ccc21)c1nc(-c2ccccc2)oc1C1CC1. The molecular formula is C22H19FN2O2. The Morgan fingerprint density at radius 2 is 1.93 bits per heavy atom. The van der Waals surface area contributed by atoms with Crippen molar-refractivity contribution in [2.75, 3.05) is 0 Å². The van der Waals surface area contributed by atoms with Gasteiger partial charge in [-0.3, -0.25) is 4.79 Å². The molecule has 1 amide bonds. The topological polar surface area (TPSA) is 55.1 Å². The highest BCUT2D eigenvalue weighted by molar-refractivity contribution is 5.94. The molecule has 3 aromatic rings. The van der Waals surface area contributed by atoms with Crippen molar-refractivity contribution in [1.82, 2.24) is 10.3 Å². The summed E-state index contributed by atoms with van der Waals surface area (Å²) in [4.78, 5) is 17.5. The molecule has 5 rings (SSSR count). The monoisotopic (exact) mass is 362 g/mol. The van der Waals surface area contributed by atoms with Crippen molar-refractivity contribution in [3.63, 3.8) is 0 Å². The van der Waals surface area contributed by atoms with Crippen LogP contribution in [0.1, 0.15) is 58.6 Å².